The van der Waals surface area contributed by atoms with Gasteiger partial charge in [-0.3, -0.25) is 9.78 Å². The van der Waals surface area contributed by atoms with Crippen LogP contribution in [-0.2, 0) is 6.18 Å². The highest BCUT2D eigenvalue weighted by Gasteiger charge is 2.31. The van der Waals surface area contributed by atoms with Crippen molar-refractivity contribution in [3.63, 3.8) is 0 Å². The van der Waals surface area contributed by atoms with E-state index in [-0.39, 0.29) is 11.6 Å². The number of likely N-dealkylation sites (tertiary alicyclic amines) is 1. The Morgan fingerprint density at radius 1 is 1.19 bits per heavy atom. The minimum atomic E-state index is -4.41. The molecule has 1 aromatic carbocycles. The standard InChI is InChI=1S/C19H20F3N3O/c1-24(2)16-8-10-25(12-16)18(26)14-5-3-13(4-6-14)17-11-15(7-9-23-17)19(20,21)22/h3-7,9,11,16H,8,10,12H2,1-2H3/t16-/m0/s1. The van der Waals surface area contributed by atoms with Gasteiger partial charge in [0.1, 0.15) is 0 Å². The minimum Gasteiger partial charge on any atom is -0.337 e. The van der Waals surface area contributed by atoms with Crippen molar-refractivity contribution >= 4 is 5.91 Å². The third-order valence-electron chi connectivity index (χ3n) is 4.70. The maximum Gasteiger partial charge on any atom is 0.416 e. The van der Waals surface area contributed by atoms with Crippen LogP contribution < -0.4 is 0 Å². The molecule has 1 fully saturated rings. The van der Waals surface area contributed by atoms with Crippen LogP contribution in [0.5, 0.6) is 0 Å². The van der Waals surface area contributed by atoms with Crippen LogP contribution in [-0.4, -0.2) is 53.9 Å². The fourth-order valence-corrected chi connectivity index (χ4v) is 3.08. The van der Waals surface area contributed by atoms with E-state index in [9.17, 15) is 18.0 Å². The number of halogens is 3. The Morgan fingerprint density at radius 3 is 2.46 bits per heavy atom. The van der Waals surface area contributed by atoms with Crippen LogP contribution in [0.25, 0.3) is 11.3 Å². The van der Waals surface area contributed by atoms with Crippen LogP contribution >= 0.6 is 0 Å². The molecule has 0 aliphatic carbocycles. The van der Waals surface area contributed by atoms with Gasteiger partial charge in [0.25, 0.3) is 5.91 Å². The van der Waals surface area contributed by atoms with Crippen molar-refractivity contribution < 1.29 is 18.0 Å². The van der Waals surface area contributed by atoms with Gasteiger partial charge in [-0.1, -0.05) is 12.1 Å². The predicted molar refractivity (Wildman–Crippen MR) is 92.7 cm³/mol. The second-order valence-electron chi connectivity index (χ2n) is 6.66. The first-order valence-electron chi connectivity index (χ1n) is 8.35. The lowest BCUT2D eigenvalue weighted by atomic mass is 10.1. The first-order valence-corrected chi connectivity index (χ1v) is 8.35. The zero-order chi connectivity index (χ0) is 18.9. The normalized spacial score (nSPS) is 17.8. The number of hydrogen-bond donors (Lipinski definition) is 0. The molecule has 7 heteroatoms. The van der Waals surface area contributed by atoms with Crippen molar-refractivity contribution in [1.82, 2.24) is 14.8 Å². The van der Waals surface area contributed by atoms with Gasteiger partial charge in [-0.05, 0) is 44.8 Å². The van der Waals surface area contributed by atoms with Crippen molar-refractivity contribution in [3.8, 4) is 11.3 Å². The van der Waals surface area contributed by atoms with Crippen molar-refractivity contribution in [2.75, 3.05) is 27.2 Å². The molecule has 0 radical (unpaired) electrons. The summed E-state index contributed by atoms with van der Waals surface area (Å²) in [5.41, 5.74) is 0.558. The third kappa shape index (κ3) is 3.88. The van der Waals surface area contributed by atoms with Crippen molar-refractivity contribution in [2.24, 2.45) is 0 Å². The number of alkyl halides is 3. The summed E-state index contributed by atoms with van der Waals surface area (Å²) in [6.07, 6.45) is -2.33. The van der Waals surface area contributed by atoms with Gasteiger partial charge in [0.05, 0.1) is 11.3 Å². The van der Waals surface area contributed by atoms with E-state index in [1.165, 1.54) is 0 Å². The number of rotatable bonds is 3. The Labute approximate surface area is 150 Å². The van der Waals surface area contributed by atoms with E-state index in [0.717, 1.165) is 24.8 Å². The molecule has 1 aromatic heterocycles. The second kappa shape index (κ2) is 7.07. The molecule has 0 saturated carbocycles. The highest BCUT2D eigenvalue weighted by Crippen LogP contribution is 2.31. The summed E-state index contributed by atoms with van der Waals surface area (Å²) >= 11 is 0. The summed E-state index contributed by atoms with van der Waals surface area (Å²) in [4.78, 5) is 20.5. The van der Waals surface area contributed by atoms with E-state index in [2.05, 4.69) is 9.88 Å². The Hall–Kier alpha value is -2.41. The van der Waals surface area contributed by atoms with Crippen LogP contribution in [0.15, 0.2) is 42.6 Å². The van der Waals surface area contributed by atoms with Crippen LogP contribution in [0.1, 0.15) is 22.3 Å². The molecule has 1 aliphatic rings. The van der Waals surface area contributed by atoms with E-state index in [0.29, 0.717) is 30.3 Å². The predicted octanol–water partition coefficient (Wildman–Crippen LogP) is 3.54. The second-order valence-corrected chi connectivity index (χ2v) is 6.66. The molecule has 138 valence electrons. The van der Waals surface area contributed by atoms with Gasteiger partial charge in [0.2, 0.25) is 0 Å². The number of amides is 1. The largest absolute Gasteiger partial charge is 0.416 e. The minimum absolute atomic E-state index is 0.0575. The average Bonchev–Trinajstić information content (AvgIpc) is 3.11. The Kier molecular flexibility index (Phi) is 5.00. The number of likely N-dealkylation sites (N-methyl/N-ethyl adjacent to an activating group) is 1. The summed E-state index contributed by atoms with van der Waals surface area (Å²) in [6, 6.07) is 8.86. The Morgan fingerprint density at radius 2 is 1.88 bits per heavy atom. The molecule has 1 saturated heterocycles. The fourth-order valence-electron chi connectivity index (χ4n) is 3.08. The van der Waals surface area contributed by atoms with Crippen molar-refractivity contribution in [1.29, 1.82) is 0 Å². The fraction of sp³-hybridized carbons (Fsp3) is 0.368. The van der Waals surface area contributed by atoms with Gasteiger partial charge in [0, 0.05) is 36.5 Å². The number of nitrogens with zero attached hydrogens (tertiary/aromatic N) is 3. The summed E-state index contributed by atoms with van der Waals surface area (Å²) < 4.78 is 38.5. The van der Waals surface area contributed by atoms with Crippen LogP contribution in [0.2, 0.25) is 0 Å². The number of pyridine rings is 1. The van der Waals surface area contributed by atoms with E-state index >= 15 is 0 Å². The van der Waals surface area contributed by atoms with Gasteiger partial charge >= 0.3 is 6.18 Å². The summed E-state index contributed by atoms with van der Waals surface area (Å²) in [6.45, 7) is 1.39. The smallest absolute Gasteiger partial charge is 0.337 e. The quantitative estimate of drug-likeness (QED) is 0.837. The third-order valence-corrected chi connectivity index (χ3v) is 4.70. The molecule has 0 bridgehead atoms. The molecule has 2 heterocycles. The molecule has 26 heavy (non-hydrogen) atoms. The molecule has 1 amide bonds. The Bertz CT molecular complexity index is 787. The molecule has 0 unspecified atom stereocenters. The lowest BCUT2D eigenvalue weighted by Gasteiger charge is -2.20. The number of carbonyl (C=O) groups excluding carboxylic acids is 1. The van der Waals surface area contributed by atoms with Crippen molar-refractivity contribution in [2.45, 2.75) is 18.6 Å². The van der Waals surface area contributed by atoms with Gasteiger partial charge in [-0.15, -0.1) is 0 Å². The number of benzene rings is 1. The van der Waals surface area contributed by atoms with Gasteiger partial charge < -0.3 is 9.80 Å². The van der Waals surface area contributed by atoms with Gasteiger partial charge in [-0.2, -0.15) is 13.2 Å². The zero-order valence-electron chi connectivity index (χ0n) is 14.6. The molecule has 1 aliphatic heterocycles. The van der Waals surface area contributed by atoms with Gasteiger partial charge in [0.15, 0.2) is 0 Å². The molecule has 1 atom stereocenters. The maximum absolute atomic E-state index is 12.8. The molecule has 0 N–H and O–H groups in total. The van der Waals surface area contributed by atoms with Crippen LogP contribution in [0, 0.1) is 0 Å². The van der Waals surface area contributed by atoms with Crippen LogP contribution in [0.3, 0.4) is 0 Å². The monoisotopic (exact) mass is 363 g/mol. The molecule has 3 rings (SSSR count). The lowest BCUT2D eigenvalue weighted by Crippen LogP contribution is -2.34. The topological polar surface area (TPSA) is 36.4 Å². The highest BCUT2D eigenvalue weighted by molar-refractivity contribution is 5.94. The van der Waals surface area contributed by atoms with Crippen molar-refractivity contribution in [3.05, 3.63) is 53.7 Å². The van der Waals surface area contributed by atoms with Gasteiger partial charge in [-0.25, -0.2) is 0 Å². The first-order chi connectivity index (χ1) is 12.3. The first kappa shape index (κ1) is 18.4. The molecular weight excluding hydrogens is 343 g/mol. The van der Waals surface area contributed by atoms with E-state index in [4.69, 9.17) is 0 Å². The van der Waals surface area contributed by atoms with E-state index in [1.807, 2.05) is 19.0 Å². The molecule has 0 spiro atoms. The summed E-state index contributed by atoms with van der Waals surface area (Å²) in [7, 11) is 3.99. The Balaban J connectivity index is 1.76. The van der Waals surface area contributed by atoms with Crippen LogP contribution in [0.4, 0.5) is 13.2 Å². The number of carbonyl (C=O) groups is 1. The number of aromatic nitrogens is 1. The molecule has 2 aromatic rings. The summed E-state index contributed by atoms with van der Waals surface area (Å²) in [5.74, 6) is -0.0575. The maximum atomic E-state index is 12.8. The SMILES string of the molecule is CN(C)[C@H]1CCN(C(=O)c2ccc(-c3cc(C(F)(F)F)ccn3)cc2)C1. The molecule has 4 nitrogen and oxygen atoms in total. The van der Waals surface area contributed by atoms with E-state index < -0.39 is 11.7 Å². The highest BCUT2D eigenvalue weighted by atomic mass is 19.4. The lowest BCUT2D eigenvalue weighted by molar-refractivity contribution is -0.137. The number of hydrogen-bond acceptors (Lipinski definition) is 3. The van der Waals surface area contributed by atoms with E-state index in [1.54, 1.807) is 24.3 Å². The average molecular weight is 363 g/mol. The summed E-state index contributed by atoms with van der Waals surface area (Å²) in [5, 5.41) is 0. The zero-order valence-corrected chi connectivity index (χ0v) is 14.6. The molecular formula is C19H20F3N3O.